The highest BCUT2D eigenvalue weighted by molar-refractivity contribution is 7.86. The number of benzene rings is 1. The summed E-state index contributed by atoms with van der Waals surface area (Å²) in [6.07, 6.45) is 1.70. The monoisotopic (exact) mass is 456 g/mol. The van der Waals surface area contributed by atoms with Gasteiger partial charge in [0.1, 0.15) is 4.90 Å². The predicted molar refractivity (Wildman–Crippen MR) is 128 cm³/mol. The fraction of sp³-hybridized carbons (Fsp3) is 0.760. The number of aromatic hydroxyl groups is 1. The average Bonchev–Trinajstić information content (AvgIpc) is 2.47. The molecule has 1 rings (SSSR count). The standard InChI is InChI=1S/C25H44O5S/c1-15(2)13-24(8,9)22(25(10,11)14-23(5,6)7)18-16(3)17(4)20(30-12)19(26)21(18)31(27,28)29/h15,22,26H,13-14H2,1-12H3,(H,27,28,29). The number of methoxy groups -OCH3 is 1. The highest BCUT2D eigenvalue weighted by atomic mass is 32.2. The van der Waals surface area contributed by atoms with E-state index >= 15 is 0 Å². The second kappa shape index (κ2) is 8.93. The van der Waals surface area contributed by atoms with Crippen LogP contribution in [0.15, 0.2) is 4.90 Å². The second-order valence-corrected chi connectivity index (χ2v) is 13.5. The second-order valence-electron chi connectivity index (χ2n) is 12.1. The Labute approximate surface area is 190 Å². The van der Waals surface area contributed by atoms with Gasteiger partial charge in [0.05, 0.1) is 7.11 Å². The van der Waals surface area contributed by atoms with E-state index in [0.29, 0.717) is 17.0 Å². The summed E-state index contributed by atoms with van der Waals surface area (Å²) >= 11 is 0. The van der Waals surface area contributed by atoms with Crippen LogP contribution in [0.2, 0.25) is 0 Å². The lowest BCUT2D eigenvalue weighted by Gasteiger charge is -2.49. The van der Waals surface area contributed by atoms with Crippen molar-refractivity contribution in [1.29, 1.82) is 0 Å². The van der Waals surface area contributed by atoms with Crippen LogP contribution < -0.4 is 4.74 Å². The lowest BCUT2D eigenvalue weighted by Crippen LogP contribution is -2.39. The van der Waals surface area contributed by atoms with Gasteiger partial charge in [-0.15, -0.1) is 0 Å². The molecular weight excluding hydrogens is 412 g/mol. The van der Waals surface area contributed by atoms with E-state index in [9.17, 15) is 18.1 Å². The predicted octanol–water partition coefficient (Wildman–Crippen LogP) is 6.88. The van der Waals surface area contributed by atoms with Crippen molar-refractivity contribution in [1.82, 2.24) is 0 Å². The molecule has 1 aromatic rings. The van der Waals surface area contributed by atoms with Gasteiger partial charge >= 0.3 is 0 Å². The van der Waals surface area contributed by atoms with Crippen LogP contribution in [0.4, 0.5) is 0 Å². The summed E-state index contributed by atoms with van der Waals surface area (Å²) in [5, 5.41) is 10.9. The molecule has 0 aliphatic carbocycles. The van der Waals surface area contributed by atoms with Crippen molar-refractivity contribution in [3.8, 4) is 11.5 Å². The van der Waals surface area contributed by atoms with Crippen LogP contribution in [-0.4, -0.2) is 25.2 Å². The highest BCUT2D eigenvalue weighted by Crippen LogP contribution is 2.58. The third kappa shape index (κ3) is 6.16. The Bertz CT molecular complexity index is 903. The quantitative estimate of drug-likeness (QED) is 0.416. The molecule has 6 heteroatoms. The van der Waals surface area contributed by atoms with Crippen LogP contribution in [-0.2, 0) is 10.1 Å². The summed E-state index contributed by atoms with van der Waals surface area (Å²) in [7, 11) is -3.32. The van der Waals surface area contributed by atoms with Crippen LogP contribution >= 0.6 is 0 Å². The molecule has 0 fully saturated rings. The summed E-state index contributed by atoms with van der Waals surface area (Å²) < 4.78 is 40.8. The minimum Gasteiger partial charge on any atom is -0.503 e. The number of hydrogen-bond acceptors (Lipinski definition) is 4. The lowest BCUT2D eigenvalue weighted by molar-refractivity contribution is 0.0765. The van der Waals surface area contributed by atoms with E-state index in [0.717, 1.165) is 18.4 Å². The van der Waals surface area contributed by atoms with E-state index < -0.39 is 20.8 Å². The zero-order valence-corrected chi connectivity index (χ0v) is 22.4. The van der Waals surface area contributed by atoms with Gasteiger partial charge < -0.3 is 9.84 Å². The topological polar surface area (TPSA) is 83.8 Å². The third-order valence-electron chi connectivity index (χ3n) is 6.22. The maximum atomic E-state index is 12.6. The van der Waals surface area contributed by atoms with E-state index in [1.165, 1.54) is 7.11 Å². The Morgan fingerprint density at radius 2 is 1.42 bits per heavy atom. The summed E-state index contributed by atoms with van der Waals surface area (Å²) in [6, 6.07) is 0. The molecule has 0 bridgehead atoms. The van der Waals surface area contributed by atoms with Gasteiger partial charge in [-0.3, -0.25) is 4.55 Å². The van der Waals surface area contributed by atoms with Crippen molar-refractivity contribution in [2.24, 2.45) is 22.2 Å². The van der Waals surface area contributed by atoms with Gasteiger partial charge in [-0.05, 0) is 71.5 Å². The van der Waals surface area contributed by atoms with Crippen LogP contribution in [0.25, 0.3) is 0 Å². The summed E-state index contributed by atoms with van der Waals surface area (Å²) in [5.74, 6) is -0.276. The minimum absolute atomic E-state index is 0.00534. The molecule has 0 amide bonds. The van der Waals surface area contributed by atoms with Gasteiger partial charge in [-0.25, -0.2) is 0 Å². The summed E-state index contributed by atoms with van der Waals surface area (Å²) in [6.45, 7) is 23.1. The Hall–Kier alpha value is -1.27. The zero-order chi connectivity index (χ0) is 24.7. The first-order valence-corrected chi connectivity index (χ1v) is 12.5. The normalized spacial score (nSPS) is 14.8. The van der Waals surface area contributed by atoms with Gasteiger partial charge in [0.15, 0.2) is 11.5 Å². The van der Waals surface area contributed by atoms with Crippen molar-refractivity contribution in [3.63, 3.8) is 0 Å². The van der Waals surface area contributed by atoms with Crippen LogP contribution in [0.1, 0.15) is 97.8 Å². The Kier molecular flexibility index (Phi) is 8.00. The molecule has 1 atom stereocenters. The molecule has 0 aliphatic heterocycles. The molecule has 31 heavy (non-hydrogen) atoms. The first kappa shape index (κ1) is 27.8. The molecule has 1 aromatic carbocycles. The molecule has 0 saturated heterocycles. The molecule has 180 valence electrons. The lowest BCUT2D eigenvalue weighted by atomic mass is 9.56. The molecule has 0 aliphatic rings. The Balaban J connectivity index is 4.19. The number of phenolic OH excluding ortho intramolecular Hbond substituents is 1. The van der Waals surface area contributed by atoms with Crippen molar-refractivity contribution in [2.45, 2.75) is 99.8 Å². The third-order valence-corrected chi connectivity index (χ3v) is 7.15. The van der Waals surface area contributed by atoms with Gasteiger partial charge in [0, 0.05) is 0 Å². The SMILES string of the molecule is COc1c(C)c(C)c(C(C(C)(C)CC(C)C)C(C)(C)CC(C)(C)C)c(S(=O)(=O)O)c1O. The van der Waals surface area contributed by atoms with Crippen LogP contribution in [0.5, 0.6) is 11.5 Å². The van der Waals surface area contributed by atoms with E-state index in [4.69, 9.17) is 4.74 Å². The molecule has 0 aromatic heterocycles. The smallest absolute Gasteiger partial charge is 0.298 e. The Morgan fingerprint density at radius 3 is 1.77 bits per heavy atom. The van der Waals surface area contributed by atoms with E-state index in [1.807, 2.05) is 13.8 Å². The van der Waals surface area contributed by atoms with Gasteiger partial charge in [-0.1, -0.05) is 62.3 Å². The van der Waals surface area contributed by atoms with E-state index in [2.05, 4.69) is 62.3 Å². The van der Waals surface area contributed by atoms with Crippen LogP contribution in [0.3, 0.4) is 0 Å². The maximum Gasteiger partial charge on any atom is 0.298 e. The highest BCUT2D eigenvalue weighted by Gasteiger charge is 2.47. The number of phenols is 1. The fourth-order valence-electron chi connectivity index (χ4n) is 6.29. The van der Waals surface area contributed by atoms with Gasteiger partial charge in [-0.2, -0.15) is 8.42 Å². The number of ether oxygens (including phenoxy) is 1. The van der Waals surface area contributed by atoms with Gasteiger partial charge in [0.2, 0.25) is 0 Å². The van der Waals surface area contributed by atoms with Crippen LogP contribution in [0, 0.1) is 36.0 Å². The first-order chi connectivity index (χ1) is 13.7. The molecule has 0 spiro atoms. The molecule has 1 unspecified atom stereocenters. The molecular formula is C25H44O5S. The zero-order valence-electron chi connectivity index (χ0n) is 21.6. The molecule has 0 radical (unpaired) electrons. The van der Waals surface area contributed by atoms with Crippen molar-refractivity contribution >= 4 is 10.1 Å². The largest absolute Gasteiger partial charge is 0.503 e. The number of rotatable bonds is 8. The Morgan fingerprint density at radius 1 is 0.935 bits per heavy atom. The maximum absolute atomic E-state index is 12.6. The van der Waals surface area contributed by atoms with Crippen molar-refractivity contribution in [2.75, 3.05) is 7.11 Å². The average molecular weight is 457 g/mol. The van der Waals surface area contributed by atoms with Gasteiger partial charge in [0.25, 0.3) is 10.1 Å². The molecule has 0 saturated carbocycles. The molecule has 0 heterocycles. The summed E-state index contributed by atoms with van der Waals surface area (Å²) in [4.78, 5) is -0.420. The number of hydrogen-bond donors (Lipinski definition) is 2. The molecule has 5 nitrogen and oxygen atoms in total. The first-order valence-electron chi connectivity index (χ1n) is 11.0. The fourth-order valence-corrected chi connectivity index (χ4v) is 7.17. The van der Waals surface area contributed by atoms with Crippen molar-refractivity contribution in [3.05, 3.63) is 16.7 Å². The van der Waals surface area contributed by atoms with E-state index in [1.54, 1.807) is 0 Å². The summed E-state index contributed by atoms with van der Waals surface area (Å²) in [5.41, 5.74) is 1.28. The van der Waals surface area contributed by atoms with Crippen molar-refractivity contribution < 1.29 is 22.8 Å². The minimum atomic E-state index is -4.70. The van der Waals surface area contributed by atoms with E-state index in [-0.39, 0.29) is 27.9 Å². The molecule has 2 N–H and O–H groups in total.